The molecule has 0 aromatic heterocycles. The van der Waals surface area contributed by atoms with Crippen LogP contribution in [0.1, 0.15) is 38.3 Å². The third kappa shape index (κ3) is 3.02. The zero-order valence-corrected chi connectivity index (χ0v) is 13.5. The van der Waals surface area contributed by atoms with E-state index < -0.39 is 0 Å². The van der Waals surface area contributed by atoms with Crippen LogP contribution in [-0.2, 0) is 4.79 Å². The number of anilines is 2. The summed E-state index contributed by atoms with van der Waals surface area (Å²) in [6.45, 7) is 3.99. The maximum atomic E-state index is 12.3. The first-order valence-electron chi connectivity index (χ1n) is 8.06. The lowest BCUT2D eigenvalue weighted by Gasteiger charge is -2.40. The molecule has 23 heavy (non-hydrogen) atoms. The summed E-state index contributed by atoms with van der Waals surface area (Å²) in [6, 6.07) is 15.5. The molecule has 1 heterocycles. The van der Waals surface area contributed by atoms with Crippen molar-refractivity contribution < 1.29 is 9.90 Å². The molecule has 0 saturated heterocycles. The van der Waals surface area contributed by atoms with E-state index >= 15 is 0 Å². The van der Waals surface area contributed by atoms with Gasteiger partial charge in [-0.25, -0.2) is 0 Å². The Morgan fingerprint density at radius 3 is 2.61 bits per heavy atom. The van der Waals surface area contributed by atoms with Crippen molar-refractivity contribution in [1.29, 1.82) is 0 Å². The second-order valence-electron chi connectivity index (χ2n) is 6.00. The number of para-hydroxylation sites is 1. The number of aromatic hydroxyl groups is 1. The number of rotatable bonds is 3. The summed E-state index contributed by atoms with van der Waals surface area (Å²) < 4.78 is 0. The molecule has 3 rings (SSSR count). The number of carbonyl (C=O) groups is 1. The lowest BCUT2D eigenvalue weighted by atomic mass is 9.91. The van der Waals surface area contributed by atoms with E-state index in [-0.39, 0.29) is 23.7 Å². The molecule has 1 amide bonds. The van der Waals surface area contributed by atoms with Gasteiger partial charge in [-0.15, -0.1) is 0 Å². The van der Waals surface area contributed by atoms with Gasteiger partial charge in [-0.3, -0.25) is 4.79 Å². The molecule has 0 bridgehead atoms. The molecule has 0 spiro atoms. The van der Waals surface area contributed by atoms with E-state index in [1.165, 1.54) is 0 Å². The average molecular weight is 310 g/mol. The molecule has 0 unspecified atom stereocenters. The summed E-state index contributed by atoms with van der Waals surface area (Å²) in [5.74, 6) is 0.417. The molecule has 1 aliphatic rings. The Balaban J connectivity index is 1.93. The number of phenolic OH excluding ortho intramolecular Hbond substituents is 1. The average Bonchev–Trinajstić information content (AvgIpc) is 2.56. The van der Waals surface area contributed by atoms with Gasteiger partial charge in [0.1, 0.15) is 5.75 Å². The minimum atomic E-state index is 0.145. The smallest absolute Gasteiger partial charge is 0.226 e. The van der Waals surface area contributed by atoms with Crippen molar-refractivity contribution >= 4 is 17.3 Å². The van der Waals surface area contributed by atoms with Crippen LogP contribution in [0, 0.1) is 0 Å². The summed E-state index contributed by atoms with van der Waals surface area (Å²) >= 11 is 0. The van der Waals surface area contributed by atoms with Crippen LogP contribution in [0.2, 0.25) is 0 Å². The number of phenols is 1. The second-order valence-corrected chi connectivity index (χ2v) is 6.00. The largest absolute Gasteiger partial charge is 0.508 e. The van der Waals surface area contributed by atoms with E-state index in [1.807, 2.05) is 42.2 Å². The molecule has 0 fully saturated rings. The van der Waals surface area contributed by atoms with Crippen molar-refractivity contribution in [2.45, 2.75) is 38.8 Å². The molecule has 2 aromatic rings. The van der Waals surface area contributed by atoms with Crippen LogP contribution in [0.4, 0.5) is 11.4 Å². The van der Waals surface area contributed by atoms with Gasteiger partial charge < -0.3 is 15.3 Å². The molecule has 0 saturated carbocycles. The summed E-state index contributed by atoms with van der Waals surface area (Å²) in [4.78, 5) is 14.2. The van der Waals surface area contributed by atoms with Crippen LogP contribution < -0.4 is 10.2 Å². The Bertz CT molecular complexity index is 697. The molecule has 2 atom stereocenters. The van der Waals surface area contributed by atoms with Gasteiger partial charge in [0.15, 0.2) is 0 Å². The van der Waals surface area contributed by atoms with Gasteiger partial charge >= 0.3 is 0 Å². The van der Waals surface area contributed by atoms with Gasteiger partial charge in [0.2, 0.25) is 5.91 Å². The standard InChI is InChI=1S/C19H22N2O2/c1-3-19(23)21-13(2)12-17(16-6-4-5-7-18(16)21)20-14-8-10-15(22)11-9-14/h4-11,13,17,20,22H,3,12H2,1-2H3/t13-,17+/m0/s1. The Kier molecular flexibility index (Phi) is 4.24. The monoisotopic (exact) mass is 310 g/mol. The van der Waals surface area contributed by atoms with E-state index in [0.29, 0.717) is 6.42 Å². The van der Waals surface area contributed by atoms with Crippen molar-refractivity contribution in [2.24, 2.45) is 0 Å². The van der Waals surface area contributed by atoms with Crippen LogP contribution in [-0.4, -0.2) is 17.1 Å². The molecule has 0 radical (unpaired) electrons. The van der Waals surface area contributed by atoms with E-state index in [1.54, 1.807) is 12.1 Å². The number of benzene rings is 2. The molecular formula is C19H22N2O2. The third-order valence-corrected chi connectivity index (χ3v) is 4.37. The predicted octanol–water partition coefficient (Wildman–Crippen LogP) is 4.08. The fourth-order valence-corrected chi connectivity index (χ4v) is 3.26. The molecule has 2 aromatic carbocycles. The topological polar surface area (TPSA) is 52.6 Å². The summed E-state index contributed by atoms with van der Waals surface area (Å²) in [5.41, 5.74) is 3.10. The number of nitrogens with zero attached hydrogens (tertiary/aromatic N) is 1. The quantitative estimate of drug-likeness (QED) is 0.840. The Labute approximate surface area is 136 Å². The van der Waals surface area contributed by atoms with Crippen LogP contribution in [0.3, 0.4) is 0 Å². The van der Waals surface area contributed by atoms with Gasteiger partial charge in [0.05, 0.1) is 6.04 Å². The van der Waals surface area contributed by atoms with Crippen LogP contribution >= 0.6 is 0 Å². The number of hydrogen-bond donors (Lipinski definition) is 2. The minimum absolute atomic E-state index is 0.145. The van der Waals surface area contributed by atoms with E-state index in [9.17, 15) is 9.90 Å². The van der Waals surface area contributed by atoms with Crippen molar-refractivity contribution in [2.75, 3.05) is 10.2 Å². The molecule has 1 aliphatic heterocycles. The first-order chi connectivity index (χ1) is 11.1. The van der Waals surface area contributed by atoms with Crippen molar-refractivity contribution in [3.8, 4) is 5.75 Å². The van der Waals surface area contributed by atoms with Crippen molar-refractivity contribution in [3.63, 3.8) is 0 Å². The van der Waals surface area contributed by atoms with E-state index in [2.05, 4.69) is 18.3 Å². The number of carbonyl (C=O) groups excluding carboxylic acids is 1. The van der Waals surface area contributed by atoms with E-state index in [4.69, 9.17) is 0 Å². The van der Waals surface area contributed by atoms with Gasteiger partial charge in [0, 0.05) is 23.8 Å². The highest BCUT2D eigenvalue weighted by atomic mass is 16.3. The molecular weight excluding hydrogens is 288 g/mol. The molecule has 0 aliphatic carbocycles. The Hall–Kier alpha value is -2.49. The lowest BCUT2D eigenvalue weighted by molar-refractivity contribution is -0.118. The molecule has 120 valence electrons. The van der Waals surface area contributed by atoms with Crippen molar-refractivity contribution in [1.82, 2.24) is 0 Å². The number of hydrogen-bond acceptors (Lipinski definition) is 3. The predicted molar refractivity (Wildman–Crippen MR) is 92.8 cm³/mol. The Morgan fingerprint density at radius 1 is 1.22 bits per heavy atom. The Morgan fingerprint density at radius 2 is 1.91 bits per heavy atom. The van der Waals surface area contributed by atoms with Gasteiger partial charge in [-0.05, 0) is 49.2 Å². The molecule has 4 heteroatoms. The molecule has 2 N–H and O–H groups in total. The lowest BCUT2D eigenvalue weighted by Crippen LogP contribution is -2.44. The van der Waals surface area contributed by atoms with Gasteiger partial charge in [-0.1, -0.05) is 25.1 Å². The van der Waals surface area contributed by atoms with Crippen LogP contribution in [0.25, 0.3) is 0 Å². The highest BCUT2D eigenvalue weighted by molar-refractivity contribution is 5.95. The fourth-order valence-electron chi connectivity index (χ4n) is 3.26. The summed E-state index contributed by atoms with van der Waals surface area (Å²) in [5, 5.41) is 12.9. The summed E-state index contributed by atoms with van der Waals surface area (Å²) in [7, 11) is 0. The minimum Gasteiger partial charge on any atom is -0.508 e. The third-order valence-electron chi connectivity index (χ3n) is 4.37. The van der Waals surface area contributed by atoms with Crippen LogP contribution in [0.15, 0.2) is 48.5 Å². The normalized spacial score (nSPS) is 20.0. The summed E-state index contributed by atoms with van der Waals surface area (Å²) in [6.07, 6.45) is 1.36. The second kappa shape index (κ2) is 6.32. The number of fused-ring (bicyclic) bond motifs is 1. The number of amides is 1. The number of nitrogens with one attached hydrogen (secondary N) is 1. The van der Waals surface area contributed by atoms with E-state index in [0.717, 1.165) is 23.4 Å². The zero-order valence-electron chi connectivity index (χ0n) is 13.5. The highest BCUT2D eigenvalue weighted by Gasteiger charge is 2.32. The SMILES string of the molecule is CCC(=O)N1c2ccccc2[C@H](Nc2ccc(O)cc2)C[C@@H]1C. The maximum Gasteiger partial charge on any atom is 0.226 e. The van der Waals surface area contributed by atoms with Crippen molar-refractivity contribution in [3.05, 3.63) is 54.1 Å². The molecule has 4 nitrogen and oxygen atoms in total. The first-order valence-corrected chi connectivity index (χ1v) is 8.06. The zero-order chi connectivity index (χ0) is 16.4. The first kappa shape index (κ1) is 15.4. The maximum absolute atomic E-state index is 12.3. The highest BCUT2D eigenvalue weighted by Crippen LogP contribution is 2.39. The van der Waals surface area contributed by atoms with Gasteiger partial charge in [-0.2, -0.15) is 0 Å². The van der Waals surface area contributed by atoms with Crippen LogP contribution in [0.5, 0.6) is 5.75 Å². The fraction of sp³-hybridized carbons (Fsp3) is 0.316. The van der Waals surface area contributed by atoms with Gasteiger partial charge in [0.25, 0.3) is 0 Å².